The molecule has 1 heterocycles. The molecule has 0 saturated carbocycles. The third-order valence-electron chi connectivity index (χ3n) is 3.59. The van der Waals surface area contributed by atoms with Crippen LogP contribution in [0.2, 0.25) is 0 Å². The summed E-state index contributed by atoms with van der Waals surface area (Å²) < 4.78 is 5.51. The Morgan fingerprint density at radius 1 is 1.40 bits per heavy atom. The van der Waals surface area contributed by atoms with Gasteiger partial charge in [-0.15, -0.1) is 0 Å². The van der Waals surface area contributed by atoms with Gasteiger partial charge in [-0.3, -0.25) is 0 Å². The van der Waals surface area contributed by atoms with Crippen molar-refractivity contribution in [3.05, 3.63) is 0 Å². The molecule has 1 saturated heterocycles. The van der Waals surface area contributed by atoms with Gasteiger partial charge in [0.1, 0.15) is 0 Å². The largest absolute Gasteiger partial charge is 0.380 e. The molecule has 0 bridgehead atoms. The minimum Gasteiger partial charge on any atom is -0.380 e. The van der Waals surface area contributed by atoms with Gasteiger partial charge in [-0.2, -0.15) is 0 Å². The van der Waals surface area contributed by atoms with E-state index in [-0.39, 0.29) is 5.54 Å². The van der Waals surface area contributed by atoms with E-state index in [0.29, 0.717) is 0 Å². The molecule has 0 amide bonds. The van der Waals surface area contributed by atoms with Crippen molar-refractivity contribution in [2.24, 2.45) is 11.7 Å². The van der Waals surface area contributed by atoms with Gasteiger partial charge >= 0.3 is 0 Å². The van der Waals surface area contributed by atoms with Crippen LogP contribution in [0.3, 0.4) is 0 Å². The van der Waals surface area contributed by atoms with Crippen LogP contribution in [0.25, 0.3) is 0 Å². The predicted molar refractivity (Wildman–Crippen MR) is 64.9 cm³/mol. The molecule has 2 N–H and O–H groups in total. The van der Waals surface area contributed by atoms with Crippen molar-refractivity contribution in [2.45, 2.75) is 64.3 Å². The standard InChI is InChI=1S/C13H27NO/c1-3-5-7-12(4-2)10-13(14)8-6-9-15-11-13/h12H,3-11,14H2,1-2H3. The van der Waals surface area contributed by atoms with Crippen LogP contribution in [-0.2, 0) is 4.74 Å². The first-order valence-corrected chi connectivity index (χ1v) is 6.57. The molecule has 2 atom stereocenters. The number of nitrogens with two attached hydrogens (primary N) is 1. The number of ether oxygens (including phenoxy) is 1. The predicted octanol–water partition coefficient (Wildman–Crippen LogP) is 3.10. The van der Waals surface area contributed by atoms with Crippen molar-refractivity contribution >= 4 is 0 Å². The summed E-state index contributed by atoms with van der Waals surface area (Å²) in [5.41, 5.74) is 6.36. The summed E-state index contributed by atoms with van der Waals surface area (Å²) in [6, 6.07) is 0. The lowest BCUT2D eigenvalue weighted by Gasteiger charge is -2.36. The van der Waals surface area contributed by atoms with E-state index in [4.69, 9.17) is 10.5 Å². The molecule has 0 aromatic rings. The van der Waals surface area contributed by atoms with Gasteiger partial charge in [0.2, 0.25) is 0 Å². The van der Waals surface area contributed by atoms with Crippen LogP contribution >= 0.6 is 0 Å². The van der Waals surface area contributed by atoms with Gasteiger partial charge in [0.25, 0.3) is 0 Å². The van der Waals surface area contributed by atoms with Gasteiger partial charge in [0.15, 0.2) is 0 Å². The fraction of sp³-hybridized carbons (Fsp3) is 1.00. The van der Waals surface area contributed by atoms with Gasteiger partial charge in [-0.25, -0.2) is 0 Å². The Labute approximate surface area is 94.6 Å². The minimum absolute atomic E-state index is 0.0212. The summed E-state index contributed by atoms with van der Waals surface area (Å²) >= 11 is 0. The fourth-order valence-electron chi connectivity index (χ4n) is 2.55. The lowest BCUT2D eigenvalue weighted by atomic mass is 9.81. The van der Waals surface area contributed by atoms with Crippen molar-refractivity contribution in [3.8, 4) is 0 Å². The average Bonchev–Trinajstić information content (AvgIpc) is 2.25. The molecule has 0 aromatic carbocycles. The summed E-state index contributed by atoms with van der Waals surface area (Å²) in [4.78, 5) is 0. The molecule has 1 fully saturated rings. The molecule has 1 aliphatic rings. The molecule has 0 aliphatic carbocycles. The molecule has 0 aromatic heterocycles. The number of unbranched alkanes of at least 4 members (excludes halogenated alkanes) is 1. The van der Waals surface area contributed by atoms with Gasteiger partial charge in [0, 0.05) is 12.1 Å². The molecule has 1 aliphatic heterocycles. The van der Waals surface area contributed by atoms with Crippen LogP contribution in [0.5, 0.6) is 0 Å². The lowest BCUT2D eigenvalue weighted by molar-refractivity contribution is 0.0262. The number of hydrogen-bond donors (Lipinski definition) is 1. The van der Waals surface area contributed by atoms with Crippen LogP contribution in [0.1, 0.15) is 58.8 Å². The quantitative estimate of drug-likeness (QED) is 0.736. The van der Waals surface area contributed by atoms with E-state index in [1.807, 2.05) is 0 Å². The van der Waals surface area contributed by atoms with Crippen LogP contribution in [0.15, 0.2) is 0 Å². The zero-order valence-corrected chi connectivity index (χ0v) is 10.4. The van der Waals surface area contributed by atoms with E-state index in [1.165, 1.54) is 25.7 Å². The third kappa shape index (κ3) is 4.52. The fourth-order valence-corrected chi connectivity index (χ4v) is 2.55. The molecule has 2 nitrogen and oxygen atoms in total. The van der Waals surface area contributed by atoms with Crippen LogP contribution in [0.4, 0.5) is 0 Å². The van der Waals surface area contributed by atoms with Gasteiger partial charge in [-0.1, -0.05) is 39.5 Å². The second kappa shape index (κ2) is 6.49. The third-order valence-corrected chi connectivity index (χ3v) is 3.59. The summed E-state index contributed by atoms with van der Waals surface area (Å²) in [6.45, 7) is 6.22. The van der Waals surface area contributed by atoms with E-state index < -0.39 is 0 Å². The van der Waals surface area contributed by atoms with Gasteiger partial charge in [0.05, 0.1) is 6.61 Å². The first-order valence-electron chi connectivity index (χ1n) is 6.57. The zero-order valence-electron chi connectivity index (χ0n) is 10.4. The Hall–Kier alpha value is -0.0800. The highest BCUT2D eigenvalue weighted by Gasteiger charge is 2.30. The maximum atomic E-state index is 6.38. The van der Waals surface area contributed by atoms with E-state index >= 15 is 0 Å². The molecular weight excluding hydrogens is 186 g/mol. The molecule has 1 rings (SSSR count). The minimum atomic E-state index is -0.0212. The lowest BCUT2D eigenvalue weighted by Crippen LogP contribution is -2.48. The molecular formula is C13H27NO. The smallest absolute Gasteiger partial charge is 0.0646 e. The Morgan fingerprint density at radius 2 is 2.20 bits per heavy atom. The van der Waals surface area contributed by atoms with E-state index in [1.54, 1.807) is 0 Å². The van der Waals surface area contributed by atoms with Crippen molar-refractivity contribution in [2.75, 3.05) is 13.2 Å². The molecule has 2 heteroatoms. The molecule has 90 valence electrons. The number of hydrogen-bond acceptors (Lipinski definition) is 2. The highest BCUT2D eigenvalue weighted by Crippen LogP contribution is 2.28. The van der Waals surface area contributed by atoms with Crippen molar-refractivity contribution in [1.29, 1.82) is 0 Å². The Morgan fingerprint density at radius 3 is 2.73 bits per heavy atom. The summed E-state index contributed by atoms with van der Waals surface area (Å²) in [7, 11) is 0. The van der Waals surface area contributed by atoms with Crippen molar-refractivity contribution < 1.29 is 4.74 Å². The summed E-state index contributed by atoms with van der Waals surface area (Å²) in [5.74, 6) is 0.802. The highest BCUT2D eigenvalue weighted by molar-refractivity contribution is 4.88. The van der Waals surface area contributed by atoms with Gasteiger partial charge in [-0.05, 0) is 25.2 Å². The average molecular weight is 213 g/mol. The van der Waals surface area contributed by atoms with Crippen molar-refractivity contribution in [1.82, 2.24) is 0 Å². The molecule has 0 radical (unpaired) electrons. The second-order valence-electron chi connectivity index (χ2n) is 5.14. The maximum Gasteiger partial charge on any atom is 0.0646 e. The SMILES string of the molecule is CCCCC(CC)CC1(N)CCCOC1. The Bertz CT molecular complexity index is 164. The van der Waals surface area contributed by atoms with E-state index in [9.17, 15) is 0 Å². The summed E-state index contributed by atoms with van der Waals surface area (Å²) in [6.07, 6.45) is 8.69. The number of rotatable bonds is 6. The van der Waals surface area contributed by atoms with Crippen LogP contribution < -0.4 is 5.73 Å². The highest BCUT2D eigenvalue weighted by atomic mass is 16.5. The Balaban J connectivity index is 2.34. The van der Waals surface area contributed by atoms with Gasteiger partial charge < -0.3 is 10.5 Å². The molecule has 0 spiro atoms. The first kappa shape index (κ1) is 13.0. The second-order valence-corrected chi connectivity index (χ2v) is 5.14. The topological polar surface area (TPSA) is 35.2 Å². The molecule has 2 unspecified atom stereocenters. The van der Waals surface area contributed by atoms with Crippen molar-refractivity contribution in [3.63, 3.8) is 0 Å². The van der Waals surface area contributed by atoms with Crippen LogP contribution in [-0.4, -0.2) is 18.8 Å². The zero-order chi connectivity index (χ0) is 11.1. The first-order chi connectivity index (χ1) is 7.20. The van der Waals surface area contributed by atoms with Crippen LogP contribution in [0, 0.1) is 5.92 Å². The normalized spacial score (nSPS) is 29.0. The van der Waals surface area contributed by atoms with E-state index in [0.717, 1.165) is 38.4 Å². The maximum absolute atomic E-state index is 6.38. The molecule has 15 heavy (non-hydrogen) atoms. The van der Waals surface area contributed by atoms with E-state index in [2.05, 4.69) is 13.8 Å². The summed E-state index contributed by atoms with van der Waals surface area (Å²) in [5, 5.41) is 0. The Kier molecular flexibility index (Phi) is 5.62. The monoisotopic (exact) mass is 213 g/mol.